The van der Waals surface area contributed by atoms with Crippen LogP contribution in [0.1, 0.15) is 20.3 Å². The minimum Gasteiger partial charge on any atom is -0.394 e. The highest BCUT2D eigenvalue weighted by molar-refractivity contribution is 4.38. The van der Waals surface area contributed by atoms with E-state index in [0.29, 0.717) is 6.10 Å². The van der Waals surface area contributed by atoms with Crippen molar-refractivity contribution in [1.82, 2.24) is 0 Å². The molecule has 0 aromatic heterocycles. The monoisotopic (exact) mass is 150 g/mol. The van der Waals surface area contributed by atoms with Crippen molar-refractivity contribution in [2.75, 3.05) is 20.3 Å². The molecule has 0 heterocycles. The summed E-state index contributed by atoms with van der Waals surface area (Å²) in [6, 6.07) is 0. The molecule has 10 heavy (non-hydrogen) atoms. The summed E-state index contributed by atoms with van der Waals surface area (Å²) in [5.74, 6) is 0. The Balaban J connectivity index is 0. The van der Waals surface area contributed by atoms with Gasteiger partial charge in [0.15, 0.2) is 0 Å². The van der Waals surface area contributed by atoms with Gasteiger partial charge in [0.1, 0.15) is 0 Å². The quantitative estimate of drug-likeness (QED) is 0.612. The van der Waals surface area contributed by atoms with E-state index in [-0.39, 0.29) is 13.2 Å². The lowest BCUT2D eigenvalue weighted by Crippen LogP contribution is -2.00. The number of hydrogen-bond donors (Lipinski definition) is 2. The molecule has 0 fully saturated rings. The summed E-state index contributed by atoms with van der Waals surface area (Å²) in [6.07, 6.45) is 1.54. The molecule has 1 unspecified atom stereocenters. The Hall–Kier alpha value is -0.120. The Morgan fingerprint density at radius 2 is 1.70 bits per heavy atom. The number of aliphatic hydroxyl groups is 2. The van der Waals surface area contributed by atoms with Crippen LogP contribution in [0.2, 0.25) is 0 Å². The first kappa shape index (κ1) is 12.5. The molecular formula is C7H18O3. The highest BCUT2D eigenvalue weighted by Gasteiger charge is 1.88. The van der Waals surface area contributed by atoms with Crippen LogP contribution in [0, 0.1) is 0 Å². The zero-order valence-electron chi connectivity index (χ0n) is 7.00. The van der Waals surface area contributed by atoms with Crippen molar-refractivity contribution in [2.45, 2.75) is 26.4 Å². The summed E-state index contributed by atoms with van der Waals surface area (Å²) in [5.41, 5.74) is 0. The zero-order valence-corrected chi connectivity index (χ0v) is 7.00. The van der Waals surface area contributed by atoms with Gasteiger partial charge in [-0.3, -0.25) is 0 Å². The van der Waals surface area contributed by atoms with Gasteiger partial charge in [-0.05, 0) is 13.3 Å². The maximum absolute atomic E-state index is 7.62. The molecule has 0 aliphatic rings. The van der Waals surface area contributed by atoms with E-state index in [4.69, 9.17) is 14.9 Å². The van der Waals surface area contributed by atoms with Crippen LogP contribution in [-0.4, -0.2) is 36.6 Å². The lowest BCUT2D eigenvalue weighted by molar-refractivity contribution is 0.115. The first-order valence-electron chi connectivity index (χ1n) is 3.47. The van der Waals surface area contributed by atoms with Crippen LogP contribution in [0.15, 0.2) is 0 Å². The molecule has 3 nitrogen and oxygen atoms in total. The van der Waals surface area contributed by atoms with Crippen molar-refractivity contribution in [1.29, 1.82) is 0 Å². The van der Waals surface area contributed by atoms with Crippen LogP contribution >= 0.6 is 0 Å². The molecule has 2 N–H and O–H groups in total. The Morgan fingerprint density at radius 3 is 1.70 bits per heavy atom. The Morgan fingerprint density at radius 1 is 1.30 bits per heavy atom. The molecule has 0 amide bonds. The van der Waals surface area contributed by atoms with Crippen molar-refractivity contribution in [2.24, 2.45) is 0 Å². The number of methoxy groups -OCH3 is 1. The fourth-order valence-electron chi connectivity index (χ4n) is 0.167. The fraction of sp³-hybridized carbons (Fsp3) is 1.00. The summed E-state index contributed by atoms with van der Waals surface area (Å²) >= 11 is 0. The Labute approximate surface area is 62.6 Å². The smallest absolute Gasteiger partial charge is 0.0662 e. The van der Waals surface area contributed by atoms with E-state index in [1.807, 2.05) is 0 Å². The molecule has 0 aromatic rings. The molecule has 0 aliphatic heterocycles. The van der Waals surface area contributed by atoms with Crippen LogP contribution in [0.3, 0.4) is 0 Å². The van der Waals surface area contributed by atoms with Crippen molar-refractivity contribution >= 4 is 0 Å². The molecule has 0 spiro atoms. The zero-order chi connectivity index (χ0) is 8.41. The molecule has 0 aromatic carbocycles. The van der Waals surface area contributed by atoms with Crippen molar-refractivity contribution in [3.8, 4) is 0 Å². The van der Waals surface area contributed by atoms with Crippen molar-refractivity contribution in [3.05, 3.63) is 0 Å². The van der Waals surface area contributed by atoms with Crippen molar-refractivity contribution in [3.63, 3.8) is 0 Å². The molecule has 1 atom stereocenters. The minimum absolute atomic E-state index is 0.125. The molecule has 0 bridgehead atoms. The van der Waals surface area contributed by atoms with Crippen LogP contribution in [-0.2, 0) is 4.74 Å². The second-order valence-electron chi connectivity index (χ2n) is 1.90. The molecule has 3 heteroatoms. The molecule has 0 aliphatic carbocycles. The van der Waals surface area contributed by atoms with E-state index in [2.05, 4.69) is 13.8 Å². The second kappa shape index (κ2) is 11.6. The number of aliphatic hydroxyl groups excluding tert-OH is 2. The first-order valence-corrected chi connectivity index (χ1v) is 3.47. The topological polar surface area (TPSA) is 49.7 Å². The number of rotatable bonds is 3. The molecule has 0 radical (unpaired) electrons. The minimum atomic E-state index is -0.125. The molecule has 0 rings (SSSR count). The highest BCUT2D eigenvalue weighted by atomic mass is 16.5. The van der Waals surface area contributed by atoms with Gasteiger partial charge in [0.25, 0.3) is 0 Å². The Kier molecular flexibility index (Phi) is 14.6. The third-order valence-corrected chi connectivity index (χ3v) is 1.08. The summed E-state index contributed by atoms with van der Waals surface area (Å²) in [4.78, 5) is 0. The van der Waals surface area contributed by atoms with Crippen LogP contribution in [0.5, 0.6) is 0 Å². The average Bonchev–Trinajstić information content (AvgIpc) is 2.03. The van der Waals surface area contributed by atoms with Gasteiger partial charge in [-0.25, -0.2) is 0 Å². The first-order chi connectivity index (χ1) is 4.72. The van der Waals surface area contributed by atoms with Gasteiger partial charge in [0.2, 0.25) is 0 Å². The molecule has 0 saturated carbocycles. The normalized spacial score (nSPS) is 11.7. The lowest BCUT2D eigenvalue weighted by atomic mass is 10.3. The average molecular weight is 150 g/mol. The summed E-state index contributed by atoms with van der Waals surface area (Å²) in [7, 11) is 1.73. The second-order valence-corrected chi connectivity index (χ2v) is 1.90. The van der Waals surface area contributed by atoms with Crippen molar-refractivity contribution < 1.29 is 14.9 Å². The maximum atomic E-state index is 7.62. The fourth-order valence-corrected chi connectivity index (χ4v) is 0.167. The summed E-state index contributed by atoms with van der Waals surface area (Å²) < 4.78 is 4.90. The Bertz CT molecular complexity index is 42.1. The standard InChI is InChI=1S/C5H12O.C2H6O2/c1-4-5(2)6-3;3-1-2-4/h5H,4H2,1-3H3;3-4H,1-2H2. The third kappa shape index (κ3) is 15.7. The largest absolute Gasteiger partial charge is 0.394 e. The van der Waals surface area contributed by atoms with E-state index in [1.54, 1.807) is 7.11 Å². The summed E-state index contributed by atoms with van der Waals surface area (Å²) in [5, 5.41) is 15.2. The van der Waals surface area contributed by atoms with Gasteiger partial charge in [0.05, 0.1) is 19.3 Å². The number of ether oxygens (including phenoxy) is 1. The van der Waals surface area contributed by atoms with Gasteiger partial charge in [-0.2, -0.15) is 0 Å². The van der Waals surface area contributed by atoms with Crippen LogP contribution in [0.25, 0.3) is 0 Å². The molecule has 0 saturated heterocycles. The van der Waals surface area contributed by atoms with Gasteiger partial charge < -0.3 is 14.9 Å². The van der Waals surface area contributed by atoms with E-state index in [9.17, 15) is 0 Å². The van der Waals surface area contributed by atoms with E-state index >= 15 is 0 Å². The van der Waals surface area contributed by atoms with Gasteiger partial charge in [-0.1, -0.05) is 6.92 Å². The maximum Gasteiger partial charge on any atom is 0.0662 e. The summed E-state index contributed by atoms with van der Waals surface area (Å²) in [6.45, 7) is 3.91. The van der Waals surface area contributed by atoms with E-state index in [0.717, 1.165) is 6.42 Å². The highest BCUT2D eigenvalue weighted by Crippen LogP contribution is 1.89. The number of hydrogen-bond acceptors (Lipinski definition) is 3. The van der Waals surface area contributed by atoms with Crippen LogP contribution < -0.4 is 0 Å². The van der Waals surface area contributed by atoms with Gasteiger partial charge >= 0.3 is 0 Å². The predicted octanol–water partition coefficient (Wildman–Crippen LogP) is 0.402. The lowest BCUT2D eigenvalue weighted by Gasteiger charge is -2.01. The predicted molar refractivity (Wildman–Crippen MR) is 40.9 cm³/mol. The molecule has 64 valence electrons. The van der Waals surface area contributed by atoms with Gasteiger partial charge in [-0.15, -0.1) is 0 Å². The van der Waals surface area contributed by atoms with E-state index in [1.165, 1.54) is 0 Å². The van der Waals surface area contributed by atoms with E-state index < -0.39 is 0 Å². The SMILES string of the molecule is CCC(C)OC.OCCO. The van der Waals surface area contributed by atoms with Gasteiger partial charge in [0, 0.05) is 7.11 Å². The van der Waals surface area contributed by atoms with Crippen LogP contribution in [0.4, 0.5) is 0 Å². The molecular weight excluding hydrogens is 132 g/mol. The third-order valence-electron chi connectivity index (χ3n) is 1.08.